The smallest absolute Gasteiger partial charge is 0.299 e. The van der Waals surface area contributed by atoms with E-state index in [-0.39, 0.29) is 5.69 Å². The minimum Gasteiger partial charge on any atom is -0.494 e. The number of amides is 1. The number of benzene rings is 2. The van der Waals surface area contributed by atoms with Crippen LogP contribution < -0.4 is 9.54 Å². The number of nitrogens with zero attached hydrogens (tertiary/aromatic N) is 4. The molecule has 0 N–H and O–H groups in total. The highest BCUT2D eigenvalue weighted by Crippen LogP contribution is 2.23. The third-order valence-electron chi connectivity index (χ3n) is 4.49. The van der Waals surface area contributed by atoms with E-state index in [0.717, 1.165) is 21.5 Å². The fourth-order valence-corrected chi connectivity index (χ4v) is 4.20. The van der Waals surface area contributed by atoms with Crippen LogP contribution >= 0.6 is 11.3 Å². The van der Waals surface area contributed by atoms with E-state index in [2.05, 4.69) is 15.0 Å². The molecular formula is C22H22N4O3S. The van der Waals surface area contributed by atoms with E-state index in [0.29, 0.717) is 36.7 Å². The van der Waals surface area contributed by atoms with Gasteiger partial charge in [-0.25, -0.2) is 4.98 Å². The van der Waals surface area contributed by atoms with Gasteiger partial charge in [-0.2, -0.15) is 4.99 Å². The molecule has 8 heteroatoms. The van der Waals surface area contributed by atoms with Crippen molar-refractivity contribution in [1.82, 2.24) is 14.5 Å². The predicted octanol–water partition coefficient (Wildman–Crippen LogP) is 3.82. The monoisotopic (exact) mass is 422 g/mol. The molecule has 4 aromatic rings. The topological polar surface area (TPSA) is 78.6 Å². The molecule has 154 valence electrons. The predicted molar refractivity (Wildman–Crippen MR) is 117 cm³/mol. The number of thiazole rings is 1. The Bertz CT molecular complexity index is 1260. The van der Waals surface area contributed by atoms with Gasteiger partial charge in [0.25, 0.3) is 5.91 Å². The molecule has 2 aromatic carbocycles. The molecule has 30 heavy (non-hydrogen) atoms. The highest BCUT2D eigenvalue weighted by Gasteiger charge is 2.12. The number of hydrogen-bond donors (Lipinski definition) is 0. The lowest BCUT2D eigenvalue weighted by molar-refractivity contribution is 0.0992. The maximum atomic E-state index is 12.9. The third kappa shape index (κ3) is 4.24. The number of ether oxygens (including phenoxy) is 2. The highest BCUT2D eigenvalue weighted by molar-refractivity contribution is 7.16. The van der Waals surface area contributed by atoms with Crippen LogP contribution in [0.5, 0.6) is 5.75 Å². The van der Waals surface area contributed by atoms with Crippen LogP contribution in [0.2, 0.25) is 0 Å². The summed E-state index contributed by atoms with van der Waals surface area (Å²) in [5.74, 6) is 0.372. The van der Waals surface area contributed by atoms with Crippen LogP contribution in [-0.2, 0) is 11.3 Å². The molecule has 7 nitrogen and oxygen atoms in total. The highest BCUT2D eigenvalue weighted by atomic mass is 32.1. The summed E-state index contributed by atoms with van der Waals surface area (Å²) >= 11 is 1.44. The first-order chi connectivity index (χ1) is 14.7. The lowest BCUT2D eigenvalue weighted by atomic mass is 10.3. The van der Waals surface area contributed by atoms with Crippen LogP contribution in [0, 0.1) is 0 Å². The van der Waals surface area contributed by atoms with Crippen LogP contribution in [0.15, 0.2) is 53.7 Å². The number of carbonyl (C=O) groups is 1. The lowest BCUT2D eigenvalue weighted by Gasteiger charge is -2.06. The minimum atomic E-state index is -0.421. The molecule has 0 saturated carbocycles. The Morgan fingerprint density at radius 2 is 1.97 bits per heavy atom. The zero-order chi connectivity index (χ0) is 20.9. The zero-order valence-corrected chi connectivity index (χ0v) is 17.7. The van der Waals surface area contributed by atoms with Gasteiger partial charge < -0.3 is 14.0 Å². The van der Waals surface area contributed by atoms with Crippen molar-refractivity contribution in [3.05, 3.63) is 59.2 Å². The Hall–Kier alpha value is -3.10. The first-order valence-electron chi connectivity index (χ1n) is 9.84. The minimum absolute atomic E-state index is 0.220. The molecule has 0 bridgehead atoms. The summed E-state index contributed by atoms with van der Waals surface area (Å²) in [5, 5.41) is 0. The van der Waals surface area contributed by atoms with Crippen molar-refractivity contribution in [2.45, 2.75) is 20.4 Å². The molecule has 0 aliphatic heterocycles. The van der Waals surface area contributed by atoms with Gasteiger partial charge in [0, 0.05) is 13.2 Å². The van der Waals surface area contributed by atoms with E-state index in [1.807, 2.05) is 60.9 Å². The molecule has 0 atom stereocenters. The van der Waals surface area contributed by atoms with Crippen molar-refractivity contribution < 1.29 is 14.3 Å². The van der Waals surface area contributed by atoms with Crippen LogP contribution in [-0.4, -0.2) is 40.3 Å². The van der Waals surface area contributed by atoms with Gasteiger partial charge >= 0.3 is 0 Å². The molecule has 0 radical (unpaired) electrons. The number of carbonyl (C=O) groups excluding carboxylic acids is 1. The Labute approximate surface area is 177 Å². The first-order valence-corrected chi connectivity index (χ1v) is 10.7. The second-order valence-electron chi connectivity index (χ2n) is 6.46. The molecule has 0 aliphatic carbocycles. The SMILES string of the molecule is CCOCCn1c(=NC(=O)c2cnc3ccccc3n2)sc2cc(OCC)ccc21. The number of rotatable bonds is 7. The van der Waals surface area contributed by atoms with Gasteiger partial charge in [0.05, 0.1) is 40.7 Å². The van der Waals surface area contributed by atoms with Crippen molar-refractivity contribution in [3.63, 3.8) is 0 Å². The van der Waals surface area contributed by atoms with E-state index in [4.69, 9.17) is 9.47 Å². The van der Waals surface area contributed by atoms with Gasteiger partial charge in [0.2, 0.25) is 0 Å². The normalized spacial score (nSPS) is 12.0. The summed E-state index contributed by atoms with van der Waals surface area (Å²) in [6.07, 6.45) is 1.47. The molecule has 0 saturated heterocycles. The molecule has 0 unspecified atom stereocenters. The summed E-state index contributed by atoms with van der Waals surface area (Å²) in [5.41, 5.74) is 2.61. The quantitative estimate of drug-likeness (QED) is 0.423. The van der Waals surface area contributed by atoms with Crippen molar-refractivity contribution in [2.24, 2.45) is 4.99 Å². The molecule has 1 amide bonds. The summed E-state index contributed by atoms with van der Waals surface area (Å²) in [6, 6.07) is 13.3. The average molecular weight is 423 g/mol. The van der Waals surface area contributed by atoms with E-state index in [1.54, 1.807) is 0 Å². The van der Waals surface area contributed by atoms with E-state index >= 15 is 0 Å². The van der Waals surface area contributed by atoms with E-state index < -0.39 is 5.91 Å². The van der Waals surface area contributed by atoms with Gasteiger partial charge in [-0.1, -0.05) is 23.5 Å². The Morgan fingerprint density at radius 3 is 2.77 bits per heavy atom. The van der Waals surface area contributed by atoms with Gasteiger partial charge in [0.1, 0.15) is 11.4 Å². The molecule has 0 aliphatic rings. The molecule has 4 rings (SSSR count). The zero-order valence-electron chi connectivity index (χ0n) is 16.9. The maximum absolute atomic E-state index is 12.9. The number of hydrogen-bond acceptors (Lipinski definition) is 6. The standard InChI is InChI=1S/C22H22N4O3S/c1-3-28-12-11-26-19-10-9-15(29-4-2)13-20(19)30-22(26)25-21(27)18-14-23-16-7-5-6-8-17(16)24-18/h5-10,13-14H,3-4,11-12H2,1-2H3. The van der Waals surface area contributed by atoms with Gasteiger partial charge in [-0.05, 0) is 44.2 Å². The van der Waals surface area contributed by atoms with Crippen LogP contribution in [0.25, 0.3) is 21.3 Å². The Kier molecular flexibility index (Phi) is 6.15. The van der Waals surface area contributed by atoms with Gasteiger partial charge in [-0.15, -0.1) is 0 Å². The van der Waals surface area contributed by atoms with Gasteiger partial charge in [0.15, 0.2) is 4.80 Å². The Morgan fingerprint density at radius 1 is 1.13 bits per heavy atom. The number of aromatic nitrogens is 3. The molecule has 0 spiro atoms. The molecule has 2 heterocycles. The third-order valence-corrected chi connectivity index (χ3v) is 5.53. The summed E-state index contributed by atoms with van der Waals surface area (Å²) in [4.78, 5) is 26.6. The van der Waals surface area contributed by atoms with Crippen molar-refractivity contribution in [1.29, 1.82) is 0 Å². The van der Waals surface area contributed by atoms with Crippen LogP contribution in [0.3, 0.4) is 0 Å². The van der Waals surface area contributed by atoms with E-state index in [1.165, 1.54) is 17.5 Å². The maximum Gasteiger partial charge on any atom is 0.299 e. The number of para-hydroxylation sites is 2. The summed E-state index contributed by atoms with van der Waals surface area (Å²) in [6.45, 7) is 6.26. The second kappa shape index (κ2) is 9.15. The Balaban J connectivity index is 1.76. The van der Waals surface area contributed by atoms with Crippen molar-refractivity contribution in [2.75, 3.05) is 19.8 Å². The van der Waals surface area contributed by atoms with Crippen LogP contribution in [0.4, 0.5) is 0 Å². The molecule has 2 aromatic heterocycles. The van der Waals surface area contributed by atoms with Crippen molar-refractivity contribution >= 4 is 38.5 Å². The first kappa shape index (κ1) is 20.2. The van der Waals surface area contributed by atoms with Gasteiger partial charge in [-0.3, -0.25) is 9.78 Å². The second-order valence-corrected chi connectivity index (χ2v) is 7.47. The van der Waals surface area contributed by atoms with Crippen LogP contribution in [0.1, 0.15) is 24.3 Å². The lowest BCUT2D eigenvalue weighted by Crippen LogP contribution is -2.20. The number of fused-ring (bicyclic) bond motifs is 2. The average Bonchev–Trinajstić information content (AvgIpc) is 3.10. The fraction of sp³-hybridized carbons (Fsp3) is 0.273. The fourth-order valence-electron chi connectivity index (χ4n) is 3.12. The molecular weight excluding hydrogens is 400 g/mol. The summed E-state index contributed by atoms with van der Waals surface area (Å²) < 4.78 is 14.1. The summed E-state index contributed by atoms with van der Waals surface area (Å²) in [7, 11) is 0. The largest absolute Gasteiger partial charge is 0.494 e. The van der Waals surface area contributed by atoms with E-state index in [9.17, 15) is 4.79 Å². The van der Waals surface area contributed by atoms with Crippen molar-refractivity contribution in [3.8, 4) is 5.75 Å². The molecule has 0 fully saturated rings.